The van der Waals surface area contributed by atoms with E-state index in [-0.39, 0.29) is 31.1 Å². The summed E-state index contributed by atoms with van der Waals surface area (Å²) in [5.74, 6) is -0.0578. The van der Waals surface area contributed by atoms with Crippen LogP contribution >= 0.6 is 0 Å². The highest BCUT2D eigenvalue weighted by Crippen LogP contribution is 2.18. The maximum Gasteiger partial charge on any atom is 0.306 e. The molecular weight excluding hydrogens is 805 g/mol. The van der Waals surface area contributed by atoms with Crippen molar-refractivity contribution in [2.45, 2.75) is 342 Å². The number of hydrogen-bond donors (Lipinski definition) is 0. The Bertz CT molecular complexity index is 980. The predicted molar refractivity (Wildman–Crippen MR) is 280 cm³/mol. The molecule has 0 unspecified atom stereocenters. The summed E-state index contributed by atoms with van der Waals surface area (Å²) in [7, 11) is 0. The van der Waals surface area contributed by atoms with Gasteiger partial charge in [0, 0.05) is 19.3 Å². The van der Waals surface area contributed by atoms with E-state index in [0.29, 0.717) is 19.3 Å². The van der Waals surface area contributed by atoms with Gasteiger partial charge in [0.05, 0.1) is 0 Å². The molecule has 6 heteroatoms. The molecule has 0 aromatic heterocycles. The van der Waals surface area contributed by atoms with Crippen LogP contribution in [0.5, 0.6) is 0 Å². The van der Waals surface area contributed by atoms with Crippen LogP contribution in [0.3, 0.4) is 0 Å². The van der Waals surface area contributed by atoms with E-state index in [9.17, 15) is 14.4 Å². The molecule has 6 nitrogen and oxygen atoms in total. The van der Waals surface area contributed by atoms with Crippen LogP contribution in [0.15, 0.2) is 0 Å². The van der Waals surface area contributed by atoms with E-state index in [1.165, 1.54) is 231 Å². The smallest absolute Gasteiger partial charge is 0.306 e. The highest BCUT2D eigenvalue weighted by Gasteiger charge is 2.19. The Kier molecular flexibility index (Phi) is 52.1. The number of carbonyl (C=O) groups excluding carboxylic acids is 3. The molecule has 0 amide bonds. The normalized spacial score (nSPS) is 12.0. The van der Waals surface area contributed by atoms with Gasteiger partial charge in [-0.25, -0.2) is 0 Å². The van der Waals surface area contributed by atoms with Crippen molar-refractivity contribution in [1.29, 1.82) is 0 Å². The first-order valence-electron chi connectivity index (χ1n) is 29.4. The van der Waals surface area contributed by atoms with Crippen molar-refractivity contribution in [2.75, 3.05) is 13.2 Å². The Hall–Kier alpha value is -1.59. The van der Waals surface area contributed by atoms with Crippen LogP contribution in [0.1, 0.15) is 336 Å². The van der Waals surface area contributed by atoms with Crippen LogP contribution in [-0.4, -0.2) is 37.2 Å². The van der Waals surface area contributed by atoms with Gasteiger partial charge < -0.3 is 14.2 Å². The standard InChI is InChI=1S/C59H114O6/c1-5-7-9-11-13-15-17-19-21-23-25-27-29-31-33-35-39-44-48-52-59(62)65-56(54-64-58(61)51-47-43-40-36-37-41-45-49-55(3)4)53-63-57(60)50-46-42-38-34-32-30-28-26-24-22-20-18-16-14-12-10-8-6-2/h55-56H,5-54H2,1-4H3/t56-/m0/s1. The van der Waals surface area contributed by atoms with Gasteiger partial charge in [-0.2, -0.15) is 0 Å². The summed E-state index contributed by atoms with van der Waals surface area (Å²) in [4.78, 5) is 38.1. The summed E-state index contributed by atoms with van der Waals surface area (Å²) in [5, 5.41) is 0. The molecule has 0 N–H and O–H groups in total. The molecule has 0 saturated heterocycles. The molecule has 0 aliphatic rings. The van der Waals surface area contributed by atoms with Gasteiger partial charge in [0.1, 0.15) is 13.2 Å². The van der Waals surface area contributed by atoms with Gasteiger partial charge in [-0.15, -0.1) is 0 Å². The molecule has 65 heavy (non-hydrogen) atoms. The minimum Gasteiger partial charge on any atom is -0.462 e. The fraction of sp³-hybridized carbons (Fsp3) is 0.949. The van der Waals surface area contributed by atoms with Gasteiger partial charge in [0.15, 0.2) is 6.10 Å². The molecule has 0 aromatic carbocycles. The Morgan fingerprint density at radius 2 is 0.508 bits per heavy atom. The summed E-state index contributed by atoms with van der Waals surface area (Å²) in [6, 6.07) is 0. The van der Waals surface area contributed by atoms with Gasteiger partial charge in [-0.05, 0) is 25.2 Å². The first-order valence-corrected chi connectivity index (χ1v) is 29.4. The summed E-state index contributed by atoms with van der Waals surface area (Å²) in [6.45, 7) is 9.01. The van der Waals surface area contributed by atoms with E-state index in [2.05, 4.69) is 27.7 Å². The fourth-order valence-electron chi connectivity index (χ4n) is 9.10. The molecule has 0 bridgehead atoms. The van der Waals surface area contributed by atoms with Gasteiger partial charge in [-0.1, -0.05) is 297 Å². The number of unbranched alkanes of at least 4 members (excludes halogenated alkanes) is 41. The lowest BCUT2D eigenvalue weighted by atomic mass is 10.0. The molecule has 0 heterocycles. The van der Waals surface area contributed by atoms with E-state index in [4.69, 9.17) is 14.2 Å². The number of rotatable bonds is 54. The average Bonchev–Trinajstić information content (AvgIpc) is 3.29. The molecular formula is C59H114O6. The van der Waals surface area contributed by atoms with Crippen molar-refractivity contribution in [3.05, 3.63) is 0 Å². The SMILES string of the molecule is CCCCCCCCCCCCCCCCCCCCCC(=O)O[C@@H](COC(=O)CCCCCCCCCCCCCCCCCCCC)COC(=O)CCCCCCCCCC(C)C. The summed E-state index contributed by atoms with van der Waals surface area (Å²) >= 11 is 0. The quantitative estimate of drug-likeness (QED) is 0.0344. The third-order valence-corrected chi connectivity index (χ3v) is 13.5. The van der Waals surface area contributed by atoms with Gasteiger partial charge >= 0.3 is 17.9 Å². The molecule has 0 rings (SSSR count). The lowest BCUT2D eigenvalue weighted by Crippen LogP contribution is -2.30. The molecule has 0 saturated carbocycles. The molecule has 1 atom stereocenters. The predicted octanol–water partition coefficient (Wildman–Crippen LogP) is 19.4. The summed E-state index contributed by atoms with van der Waals surface area (Å²) in [5.41, 5.74) is 0. The second-order valence-corrected chi connectivity index (χ2v) is 20.8. The van der Waals surface area contributed by atoms with Crippen LogP contribution in [0, 0.1) is 5.92 Å². The number of esters is 3. The zero-order valence-corrected chi connectivity index (χ0v) is 44.5. The zero-order chi connectivity index (χ0) is 47.4. The highest BCUT2D eigenvalue weighted by atomic mass is 16.6. The van der Waals surface area contributed by atoms with Crippen molar-refractivity contribution >= 4 is 17.9 Å². The number of hydrogen-bond acceptors (Lipinski definition) is 6. The molecule has 386 valence electrons. The van der Waals surface area contributed by atoms with Crippen LogP contribution < -0.4 is 0 Å². The minimum atomic E-state index is -0.762. The Morgan fingerprint density at radius 3 is 0.754 bits per heavy atom. The van der Waals surface area contributed by atoms with Crippen LogP contribution in [0.25, 0.3) is 0 Å². The maximum absolute atomic E-state index is 12.8. The van der Waals surface area contributed by atoms with E-state index in [1.807, 2.05) is 0 Å². The van der Waals surface area contributed by atoms with E-state index in [1.54, 1.807) is 0 Å². The fourth-order valence-corrected chi connectivity index (χ4v) is 9.10. The van der Waals surface area contributed by atoms with Gasteiger partial charge in [0.2, 0.25) is 0 Å². The van der Waals surface area contributed by atoms with Crippen molar-refractivity contribution in [2.24, 2.45) is 5.92 Å². The average molecular weight is 920 g/mol. The third-order valence-electron chi connectivity index (χ3n) is 13.5. The highest BCUT2D eigenvalue weighted by molar-refractivity contribution is 5.71. The number of carbonyl (C=O) groups is 3. The summed E-state index contributed by atoms with van der Waals surface area (Å²) < 4.78 is 16.9. The Labute approximate surface area is 406 Å². The molecule has 0 aromatic rings. The van der Waals surface area contributed by atoms with Gasteiger partial charge in [0.25, 0.3) is 0 Å². The van der Waals surface area contributed by atoms with Crippen LogP contribution in [0.4, 0.5) is 0 Å². The number of ether oxygens (including phenoxy) is 3. The minimum absolute atomic E-state index is 0.0626. The molecule has 0 fully saturated rings. The maximum atomic E-state index is 12.8. The molecule has 0 spiro atoms. The monoisotopic (exact) mass is 919 g/mol. The van der Waals surface area contributed by atoms with Crippen molar-refractivity contribution in [1.82, 2.24) is 0 Å². The second-order valence-electron chi connectivity index (χ2n) is 20.8. The largest absolute Gasteiger partial charge is 0.462 e. The van der Waals surface area contributed by atoms with E-state index in [0.717, 1.165) is 63.7 Å². The lowest BCUT2D eigenvalue weighted by molar-refractivity contribution is -0.167. The van der Waals surface area contributed by atoms with E-state index >= 15 is 0 Å². The summed E-state index contributed by atoms with van der Waals surface area (Å²) in [6.07, 6.45) is 58.3. The molecule has 0 aliphatic carbocycles. The third kappa shape index (κ3) is 53.2. The van der Waals surface area contributed by atoms with Gasteiger partial charge in [-0.3, -0.25) is 14.4 Å². The topological polar surface area (TPSA) is 78.9 Å². The second kappa shape index (κ2) is 53.4. The zero-order valence-electron chi connectivity index (χ0n) is 44.5. The first kappa shape index (κ1) is 63.4. The van der Waals surface area contributed by atoms with Crippen molar-refractivity contribution < 1.29 is 28.6 Å². The van der Waals surface area contributed by atoms with Crippen molar-refractivity contribution in [3.8, 4) is 0 Å². The van der Waals surface area contributed by atoms with E-state index < -0.39 is 6.10 Å². The molecule has 0 aliphatic heterocycles. The molecule has 0 radical (unpaired) electrons. The first-order chi connectivity index (χ1) is 31.9. The Balaban J connectivity index is 4.22. The lowest BCUT2D eigenvalue weighted by Gasteiger charge is -2.18. The Morgan fingerprint density at radius 1 is 0.292 bits per heavy atom. The van der Waals surface area contributed by atoms with Crippen LogP contribution in [0.2, 0.25) is 0 Å². The van der Waals surface area contributed by atoms with Crippen molar-refractivity contribution in [3.63, 3.8) is 0 Å². The van der Waals surface area contributed by atoms with Crippen LogP contribution in [-0.2, 0) is 28.6 Å².